The van der Waals surface area contributed by atoms with Gasteiger partial charge in [-0.05, 0) is 13.0 Å². The number of rotatable bonds is 2. The standard InChI is InChI=1S/C12H11N3O3/c1-2-18-12(16)9-5-17-7-15-10(9)3-8-4-13-6-14-11(8)15/h3-6H,2,7H2,1H3. The van der Waals surface area contributed by atoms with Crippen LogP contribution in [0.25, 0.3) is 16.6 Å². The monoisotopic (exact) mass is 245 g/mol. The minimum Gasteiger partial charge on any atom is -0.479 e. The number of carbonyl (C=O) groups excluding carboxylic acids is 1. The minimum atomic E-state index is -0.394. The average Bonchev–Trinajstić information content (AvgIpc) is 2.77. The Labute approximate surface area is 103 Å². The van der Waals surface area contributed by atoms with Crippen LogP contribution >= 0.6 is 0 Å². The van der Waals surface area contributed by atoms with Crippen molar-refractivity contribution in [3.05, 3.63) is 30.5 Å². The second-order valence-electron chi connectivity index (χ2n) is 3.81. The number of esters is 1. The highest BCUT2D eigenvalue weighted by Crippen LogP contribution is 2.27. The lowest BCUT2D eigenvalue weighted by atomic mass is 10.2. The van der Waals surface area contributed by atoms with Crippen LogP contribution in [0.1, 0.15) is 12.6 Å². The fraction of sp³-hybridized carbons (Fsp3) is 0.250. The summed E-state index contributed by atoms with van der Waals surface area (Å²) in [5.74, 6) is -0.394. The van der Waals surface area contributed by atoms with Gasteiger partial charge in [0.1, 0.15) is 23.8 Å². The summed E-state index contributed by atoms with van der Waals surface area (Å²) in [6, 6.07) is 1.86. The molecule has 18 heavy (non-hydrogen) atoms. The first-order chi connectivity index (χ1) is 8.81. The third kappa shape index (κ3) is 1.54. The van der Waals surface area contributed by atoms with Crippen molar-refractivity contribution in [2.24, 2.45) is 0 Å². The zero-order valence-electron chi connectivity index (χ0n) is 9.79. The van der Waals surface area contributed by atoms with Crippen molar-refractivity contribution in [3.8, 4) is 0 Å². The summed E-state index contributed by atoms with van der Waals surface area (Å²) in [4.78, 5) is 20.0. The zero-order chi connectivity index (χ0) is 12.5. The molecule has 2 aromatic heterocycles. The molecule has 0 N–H and O–H groups in total. The van der Waals surface area contributed by atoms with E-state index in [1.807, 2.05) is 10.6 Å². The average molecular weight is 245 g/mol. The van der Waals surface area contributed by atoms with Crippen LogP contribution in [0.3, 0.4) is 0 Å². The quantitative estimate of drug-likeness (QED) is 0.746. The van der Waals surface area contributed by atoms with E-state index in [0.29, 0.717) is 18.9 Å². The minimum absolute atomic E-state index is 0.330. The molecule has 6 nitrogen and oxygen atoms in total. The molecule has 0 fully saturated rings. The number of nitrogens with zero attached hydrogens (tertiary/aromatic N) is 3. The number of carbonyl (C=O) groups is 1. The van der Waals surface area contributed by atoms with E-state index in [1.54, 1.807) is 13.1 Å². The molecule has 0 atom stereocenters. The van der Waals surface area contributed by atoms with Gasteiger partial charge in [-0.1, -0.05) is 0 Å². The predicted octanol–water partition coefficient (Wildman–Crippen LogP) is 1.32. The van der Waals surface area contributed by atoms with Crippen molar-refractivity contribution in [2.45, 2.75) is 13.7 Å². The van der Waals surface area contributed by atoms with Crippen LogP contribution in [0.5, 0.6) is 0 Å². The Morgan fingerprint density at radius 2 is 2.50 bits per heavy atom. The summed E-state index contributed by atoms with van der Waals surface area (Å²) in [5.41, 5.74) is 1.89. The molecule has 0 aromatic carbocycles. The number of hydrogen-bond donors (Lipinski definition) is 0. The summed E-state index contributed by atoms with van der Waals surface area (Å²) in [7, 11) is 0. The van der Waals surface area contributed by atoms with Gasteiger partial charge in [0.2, 0.25) is 0 Å². The Morgan fingerprint density at radius 3 is 3.33 bits per heavy atom. The number of hydrogen-bond acceptors (Lipinski definition) is 5. The van der Waals surface area contributed by atoms with E-state index >= 15 is 0 Å². The van der Waals surface area contributed by atoms with Crippen LogP contribution < -0.4 is 0 Å². The number of aromatic nitrogens is 3. The van der Waals surface area contributed by atoms with E-state index in [0.717, 1.165) is 16.7 Å². The summed E-state index contributed by atoms with van der Waals surface area (Å²) in [6.45, 7) is 2.43. The Morgan fingerprint density at radius 1 is 1.61 bits per heavy atom. The van der Waals surface area contributed by atoms with Crippen LogP contribution in [-0.2, 0) is 21.0 Å². The molecule has 3 heterocycles. The second-order valence-corrected chi connectivity index (χ2v) is 3.81. The van der Waals surface area contributed by atoms with Gasteiger partial charge in [-0.2, -0.15) is 0 Å². The van der Waals surface area contributed by atoms with Crippen LogP contribution in [-0.4, -0.2) is 27.1 Å². The molecule has 0 saturated heterocycles. The molecule has 0 amide bonds. The summed E-state index contributed by atoms with van der Waals surface area (Å²) >= 11 is 0. The summed E-state index contributed by atoms with van der Waals surface area (Å²) < 4.78 is 12.1. The maximum Gasteiger partial charge on any atom is 0.343 e. The maximum atomic E-state index is 11.8. The molecular weight excluding hydrogens is 234 g/mol. The van der Waals surface area contributed by atoms with E-state index in [4.69, 9.17) is 9.47 Å². The van der Waals surface area contributed by atoms with Gasteiger partial charge in [0.15, 0.2) is 6.73 Å². The first kappa shape index (κ1) is 10.8. The lowest BCUT2D eigenvalue weighted by molar-refractivity contribution is -0.136. The molecule has 6 heteroatoms. The first-order valence-corrected chi connectivity index (χ1v) is 5.59. The molecule has 0 spiro atoms. The molecule has 0 aliphatic carbocycles. The van der Waals surface area contributed by atoms with Crippen molar-refractivity contribution >= 4 is 22.6 Å². The second kappa shape index (κ2) is 4.14. The van der Waals surface area contributed by atoms with Gasteiger partial charge in [-0.3, -0.25) is 4.57 Å². The van der Waals surface area contributed by atoms with Crippen LogP contribution in [0.15, 0.2) is 24.9 Å². The molecule has 92 valence electrons. The molecule has 0 radical (unpaired) electrons. The van der Waals surface area contributed by atoms with E-state index in [-0.39, 0.29) is 0 Å². The zero-order valence-corrected chi connectivity index (χ0v) is 9.79. The topological polar surface area (TPSA) is 66.2 Å². The molecule has 0 bridgehead atoms. The summed E-state index contributed by atoms with van der Waals surface area (Å²) in [6.07, 6.45) is 4.61. The third-order valence-electron chi connectivity index (χ3n) is 2.73. The number of fused-ring (bicyclic) bond motifs is 3. The first-order valence-electron chi connectivity index (χ1n) is 5.59. The van der Waals surface area contributed by atoms with Gasteiger partial charge in [0.25, 0.3) is 0 Å². The Balaban J connectivity index is 2.13. The van der Waals surface area contributed by atoms with Gasteiger partial charge in [0, 0.05) is 11.6 Å². The number of ether oxygens (including phenoxy) is 2. The Kier molecular flexibility index (Phi) is 2.47. The van der Waals surface area contributed by atoms with Crippen molar-refractivity contribution in [3.63, 3.8) is 0 Å². The largest absolute Gasteiger partial charge is 0.479 e. The van der Waals surface area contributed by atoms with Crippen molar-refractivity contribution in [1.82, 2.24) is 14.5 Å². The van der Waals surface area contributed by atoms with Crippen LogP contribution in [0.2, 0.25) is 0 Å². The molecule has 1 aliphatic heterocycles. The highest BCUT2D eigenvalue weighted by atomic mass is 16.5. The molecule has 0 unspecified atom stereocenters. The van der Waals surface area contributed by atoms with Gasteiger partial charge < -0.3 is 9.47 Å². The van der Waals surface area contributed by atoms with E-state index in [1.165, 1.54) is 12.6 Å². The smallest absolute Gasteiger partial charge is 0.343 e. The SMILES string of the molecule is CCOC(=O)C1=COCn2c1cc1cncnc12. The van der Waals surface area contributed by atoms with Crippen molar-refractivity contribution in [1.29, 1.82) is 0 Å². The molecular formula is C12H11N3O3. The lowest BCUT2D eigenvalue weighted by Gasteiger charge is -2.16. The normalized spacial score (nSPS) is 13.7. The molecule has 1 aliphatic rings. The lowest BCUT2D eigenvalue weighted by Crippen LogP contribution is -2.16. The van der Waals surface area contributed by atoms with Crippen molar-refractivity contribution < 1.29 is 14.3 Å². The van der Waals surface area contributed by atoms with Crippen LogP contribution in [0.4, 0.5) is 0 Å². The van der Waals surface area contributed by atoms with Crippen LogP contribution in [0, 0.1) is 0 Å². The molecule has 0 saturated carbocycles. The highest BCUT2D eigenvalue weighted by molar-refractivity contribution is 6.16. The molecule has 3 rings (SSSR count). The molecule has 2 aromatic rings. The predicted molar refractivity (Wildman–Crippen MR) is 63.2 cm³/mol. The van der Waals surface area contributed by atoms with E-state index in [9.17, 15) is 4.79 Å². The fourth-order valence-electron chi connectivity index (χ4n) is 1.97. The van der Waals surface area contributed by atoms with E-state index in [2.05, 4.69) is 9.97 Å². The highest BCUT2D eigenvalue weighted by Gasteiger charge is 2.23. The Hall–Kier alpha value is -2.37. The van der Waals surface area contributed by atoms with Gasteiger partial charge in [-0.15, -0.1) is 0 Å². The van der Waals surface area contributed by atoms with Crippen molar-refractivity contribution in [2.75, 3.05) is 6.61 Å². The third-order valence-corrected chi connectivity index (χ3v) is 2.73. The Bertz CT molecular complexity index is 645. The van der Waals surface area contributed by atoms with Gasteiger partial charge in [0.05, 0.1) is 12.3 Å². The summed E-state index contributed by atoms with van der Waals surface area (Å²) in [5, 5.41) is 0.869. The van der Waals surface area contributed by atoms with E-state index < -0.39 is 5.97 Å². The maximum absolute atomic E-state index is 11.8. The fourth-order valence-corrected chi connectivity index (χ4v) is 1.97. The van der Waals surface area contributed by atoms with Gasteiger partial charge >= 0.3 is 5.97 Å². The van der Waals surface area contributed by atoms with Gasteiger partial charge in [-0.25, -0.2) is 14.8 Å².